The van der Waals surface area contributed by atoms with Gasteiger partial charge >= 0.3 is 11.9 Å². The minimum Gasteiger partial charge on any atom is -0.497 e. The predicted octanol–water partition coefficient (Wildman–Crippen LogP) is 3.42. The lowest BCUT2D eigenvalue weighted by Crippen LogP contribution is -2.35. The molecule has 0 saturated carbocycles. The molecular weight excluding hydrogens is 422 g/mol. The molecule has 0 radical (unpaired) electrons. The van der Waals surface area contributed by atoms with Gasteiger partial charge in [0.05, 0.1) is 20.0 Å². The summed E-state index contributed by atoms with van der Waals surface area (Å²) >= 11 is 0. The molecule has 0 aliphatic rings. The molecule has 0 aromatic heterocycles. The smallest absolute Gasteiger partial charge is 0.306 e. The summed E-state index contributed by atoms with van der Waals surface area (Å²) in [4.78, 5) is 24.5. The zero-order valence-corrected chi connectivity index (χ0v) is 18.9. The van der Waals surface area contributed by atoms with Gasteiger partial charge in [-0.15, -0.1) is 12.4 Å². The molecule has 0 amide bonds. The van der Waals surface area contributed by atoms with Gasteiger partial charge in [0.15, 0.2) is 0 Å². The number of nitrogens with zero attached hydrogens (tertiary/aromatic N) is 1. The van der Waals surface area contributed by atoms with Crippen molar-refractivity contribution in [3.63, 3.8) is 0 Å². The Labute approximate surface area is 189 Å². The Hall–Kier alpha value is -2.77. The maximum Gasteiger partial charge on any atom is 0.306 e. The van der Waals surface area contributed by atoms with Gasteiger partial charge in [-0.25, -0.2) is 0 Å². The van der Waals surface area contributed by atoms with E-state index in [9.17, 15) is 9.59 Å². The van der Waals surface area contributed by atoms with E-state index in [1.54, 1.807) is 7.11 Å². The molecule has 2 aromatic rings. The molecule has 0 fully saturated rings. The molecule has 1 N–H and O–H groups in total. The molecule has 0 aliphatic heterocycles. The number of ether oxygens (including phenoxy) is 3. The van der Waals surface area contributed by atoms with Crippen LogP contribution in [0.1, 0.15) is 24.0 Å². The van der Waals surface area contributed by atoms with Crippen molar-refractivity contribution in [3.05, 3.63) is 59.7 Å². The lowest BCUT2D eigenvalue weighted by molar-refractivity contribution is -0.153. The Morgan fingerprint density at radius 1 is 1.06 bits per heavy atom. The van der Waals surface area contributed by atoms with Crippen molar-refractivity contribution in [1.29, 1.82) is 0 Å². The minimum absolute atomic E-state index is 0. The summed E-state index contributed by atoms with van der Waals surface area (Å²) < 4.78 is 16.7. The molecule has 2 rings (SSSR count). The zero-order chi connectivity index (χ0) is 21.9. The van der Waals surface area contributed by atoms with Crippen LogP contribution in [-0.4, -0.2) is 62.4 Å². The average molecular weight is 452 g/mol. The fourth-order valence-corrected chi connectivity index (χ4v) is 2.96. The van der Waals surface area contributed by atoms with E-state index < -0.39 is 18.0 Å². The number of hydrogen-bond donors (Lipinski definition) is 1. The molecule has 7 nitrogen and oxygen atoms in total. The number of carboxylic acid groups (broad SMARTS) is 1. The number of esters is 1. The first-order valence-corrected chi connectivity index (χ1v) is 9.77. The SMILES string of the molecule is COc1cccc(Cc2ccccc2OCC(CN(C)C)OC(=O)CCC(=O)O)c1.Cl. The molecule has 2 aromatic carbocycles. The van der Waals surface area contributed by atoms with Crippen molar-refractivity contribution >= 4 is 24.3 Å². The lowest BCUT2D eigenvalue weighted by atomic mass is 10.0. The Morgan fingerprint density at radius 2 is 1.81 bits per heavy atom. The van der Waals surface area contributed by atoms with Crippen molar-refractivity contribution in [1.82, 2.24) is 4.90 Å². The highest BCUT2D eigenvalue weighted by molar-refractivity contribution is 5.85. The van der Waals surface area contributed by atoms with E-state index in [1.165, 1.54) is 0 Å². The van der Waals surface area contributed by atoms with Crippen molar-refractivity contribution in [3.8, 4) is 11.5 Å². The van der Waals surface area contributed by atoms with Gasteiger partial charge in [0.25, 0.3) is 0 Å². The number of carbonyl (C=O) groups excluding carboxylic acids is 1. The number of methoxy groups -OCH3 is 1. The van der Waals surface area contributed by atoms with Gasteiger partial charge in [0, 0.05) is 13.0 Å². The van der Waals surface area contributed by atoms with Gasteiger partial charge in [-0.1, -0.05) is 30.3 Å². The number of rotatable bonds is 12. The number of benzene rings is 2. The Balaban J connectivity index is 0.00000480. The van der Waals surface area contributed by atoms with Crippen molar-refractivity contribution in [2.24, 2.45) is 0 Å². The van der Waals surface area contributed by atoms with E-state index in [-0.39, 0.29) is 31.9 Å². The first-order valence-electron chi connectivity index (χ1n) is 9.77. The number of carbonyl (C=O) groups is 2. The topological polar surface area (TPSA) is 85.3 Å². The Morgan fingerprint density at radius 3 is 2.48 bits per heavy atom. The maximum atomic E-state index is 11.9. The van der Waals surface area contributed by atoms with Crippen LogP contribution < -0.4 is 9.47 Å². The number of carboxylic acids is 1. The molecule has 0 bridgehead atoms. The van der Waals surface area contributed by atoms with Gasteiger partial charge in [-0.3, -0.25) is 9.59 Å². The van der Waals surface area contributed by atoms with Gasteiger partial charge in [0.2, 0.25) is 0 Å². The second-order valence-corrected chi connectivity index (χ2v) is 7.21. The fourth-order valence-electron chi connectivity index (χ4n) is 2.96. The summed E-state index contributed by atoms with van der Waals surface area (Å²) in [6.07, 6.45) is -0.251. The number of hydrogen-bond acceptors (Lipinski definition) is 6. The third kappa shape index (κ3) is 9.72. The summed E-state index contributed by atoms with van der Waals surface area (Å²) in [6.45, 7) is 0.642. The van der Waals surface area contributed by atoms with Crippen LogP contribution in [0.25, 0.3) is 0 Å². The van der Waals surface area contributed by atoms with Crippen molar-refractivity contribution in [2.45, 2.75) is 25.4 Å². The Kier molecular flexibility index (Phi) is 11.5. The van der Waals surface area contributed by atoms with Crippen molar-refractivity contribution < 1.29 is 28.9 Å². The molecule has 170 valence electrons. The van der Waals surface area contributed by atoms with E-state index in [0.29, 0.717) is 18.7 Å². The standard InChI is InChI=1S/C23H29NO6.ClH/c1-24(2)15-20(30-23(27)12-11-22(25)26)16-29-21-10-5-4-8-18(21)13-17-7-6-9-19(14-17)28-3;/h4-10,14,20H,11-13,15-16H2,1-3H3,(H,25,26);1H. The largest absolute Gasteiger partial charge is 0.497 e. The van der Waals surface area contributed by atoms with Crippen LogP contribution in [0.5, 0.6) is 11.5 Å². The average Bonchev–Trinajstić information content (AvgIpc) is 2.71. The van der Waals surface area contributed by atoms with Crippen LogP contribution in [0.3, 0.4) is 0 Å². The monoisotopic (exact) mass is 451 g/mol. The number of para-hydroxylation sites is 1. The van der Waals surface area contributed by atoms with Crippen LogP contribution >= 0.6 is 12.4 Å². The summed E-state index contributed by atoms with van der Waals surface area (Å²) in [5.74, 6) is -0.0628. The number of aliphatic carboxylic acids is 1. The third-order valence-electron chi connectivity index (χ3n) is 4.34. The first-order chi connectivity index (χ1) is 14.4. The van der Waals surface area contributed by atoms with Crippen LogP contribution in [0.2, 0.25) is 0 Å². The van der Waals surface area contributed by atoms with Crippen LogP contribution in [0.15, 0.2) is 48.5 Å². The molecule has 0 heterocycles. The highest BCUT2D eigenvalue weighted by atomic mass is 35.5. The highest BCUT2D eigenvalue weighted by Crippen LogP contribution is 2.23. The molecule has 8 heteroatoms. The van der Waals surface area contributed by atoms with Gasteiger partial charge in [-0.05, 0) is 43.4 Å². The zero-order valence-electron chi connectivity index (χ0n) is 18.1. The van der Waals surface area contributed by atoms with E-state index in [4.69, 9.17) is 19.3 Å². The van der Waals surface area contributed by atoms with Gasteiger partial charge in [-0.2, -0.15) is 0 Å². The summed E-state index contributed by atoms with van der Waals surface area (Å²) in [7, 11) is 5.38. The molecular formula is C23H30ClNO6. The molecule has 31 heavy (non-hydrogen) atoms. The maximum absolute atomic E-state index is 11.9. The molecule has 1 unspecified atom stereocenters. The minimum atomic E-state index is -1.03. The molecule has 0 aliphatic carbocycles. The van der Waals surface area contributed by atoms with E-state index >= 15 is 0 Å². The molecule has 1 atom stereocenters. The van der Waals surface area contributed by atoms with Gasteiger partial charge < -0.3 is 24.2 Å². The predicted molar refractivity (Wildman–Crippen MR) is 120 cm³/mol. The van der Waals surface area contributed by atoms with E-state index in [0.717, 1.165) is 16.9 Å². The lowest BCUT2D eigenvalue weighted by Gasteiger charge is -2.22. The van der Waals surface area contributed by atoms with Gasteiger partial charge in [0.1, 0.15) is 24.2 Å². The Bertz CT molecular complexity index is 842. The normalized spacial score (nSPS) is 11.4. The van der Waals surface area contributed by atoms with E-state index in [1.807, 2.05) is 67.5 Å². The van der Waals surface area contributed by atoms with Crippen molar-refractivity contribution in [2.75, 3.05) is 34.4 Å². The first kappa shape index (κ1) is 26.3. The number of halogens is 1. The van der Waals surface area contributed by atoms with Crippen LogP contribution in [0.4, 0.5) is 0 Å². The summed E-state index contributed by atoms with van der Waals surface area (Å²) in [6, 6.07) is 15.6. The second kappa shape index (κ2) is 13.5. The molecule has 0 spiro atoms. The highest BCUT2D eigenvalue weighted by Gasteiger charge is 2.18. The second-order valence-electron chi connectivity index (χ2n) is 7.21. The van der Waals surface area contributed by atoms with Crippen LogP contribution in [0, 0.1) is 0 Å². The van der Waals surface area contributed by atoms with Crippen LogP contribution in [-0.2, 0) is 20.7 Å². The summed E-state index contributed by atoms with van der Waals surface area (Å²) in [5, 5.41) is 8.73. The molecule has 0 saturated heterocycles. The third-order valence-corrected chi connectivity index (χ3v) is 4.34. The van der Waals surface area contributed by atoms with E-state index in [2.05, 4.69) is 0 Å². The quantitative estimate of drug-likeness (QED) is 0.495. The summed E-state index contributed by atoms with van der Waals surface area (Å²) in [5.41, 5.74) is 2.10. The number of likely N-dealkylation sites (N-methyl/N-ethyl adjacent to an activating group) is 1. The fraction of sp³-hybridized carbons (Fsp3) is 0.391.